The highest BCUT2D eigenvalue weighted by Crippen LogP contribution is 2.63. The number of hydrogen-bond donors (Lipinski definition) is 1. The first-order valence-electron chi connectivity index (χ1n) is 14.7. The second-order valence-electron chi connectivity index (χ2n) is 11.7. The number of aliphatic hydroxyl groups is 1. The van der Waals surface area contributed by atoms with Crippen molar-refractivity contribution in [2.45, 2.75) is 82.6 Å². The van der Waals surface area contributed by atoms with E-state index in [-0.39, 0.29) is 30.4 Å². The van der Waals surface area contributed by atoms with E-state index in [1.165, 1.54) is 0 Å². The second kappa shape index (κ2) is 12.3. The van der Waals surface area contributed by atoms with Crippen LogP contribution in [0.4, 0.5) is 5.69 Å². The molecule has 3 saturated heterocycles. The van der Waals surface area contributed by atoms with Gasteiger partial charge >= 0.3 is 0 Å². The van der Waals surface area contributed by atoms with Crippen LogP contribution in [0.3, 0.4) is 0 Å². The van der Waals surface area contributed by atoms with Gasteiger partial charge in [0.15, 0.2) is 0 Å². The van der Waals surface area contributed by atoms with Gasteiger partial charge in [0.2, 0.25) is 17.7 Å². The number of fused-ring (bicyclic) bond motifs is 1. The standard InChI is InChI=1S/C32H45N3O5/c1-6-14-23(4)33(19-7-2)30(39)27-32-18-17-31(5,40-32)25(26(32)29(38)35(27)21-12-13-22-36)28(37)34(20-8-3)24-15-10-9-11-16-24/h7-11,15-16,23,25-27,36H,2-3,6,12-14,17-22H2,1,4-5H3/t23?,25-,26+,27?,31+,32?/m1/s1. The van der Waals surface area contributed by atoms with Crippen LogP contribution in [0.25, 0.3) is 0 Å². The maximum atomic E-state index is 14.5. The molecule has 3 unspecified atom stereocenters. The van der Waals surface area contributed by atoms with Crippen molar-refractivity contribution in [2.75, 3.05) is 31.1 Å². The third-order valence-corrected chi connectivity index (χ3v) is 9.08. The average molecular weight is 552 g/mol. The zero-order valence-corrected chi connectivity index (χ0v) is 24.3. The number of para-hydroxylation sites is 1. The van der Waals surface area contributed by atoms with Crippen LogP contribution >= 0.6 is 0 Å². The van der Waals surface area contributed by atoms with E-state index in [2.05, 4.69) is 20.1 Å². The Hall–Kier alpha value is -2.97. The summed E-state index contributed by atoms with van der Waals surface area (Å²) in [5.74, 6) is -2.02. The van der Waals surface area contributed by atoms with Gasteiger partial charge in [-0.1, -0.05) is 43.7 Å². The number of hydrogen-bond acceptors (Lipinski definition) is 5. The molecule has 3 aliphatic heterocycles. The largest absolute Gasteiger partial charge is 0.396 e. The Balaban J connectivity index is 1.77. The predicted molar refractivity (Wildman–Crippen MR) is 156 cm³/mol. The first-order chi connectivity index (χ1) is 19.2. The lowest BCUT2D eigenvalue weighted by Gasteiger charge is -2.39. The molecule has 1 N–H and O–H groups in total. The minimum absolute atomic E-state index is 0.00854. The molecule has 1 aromatic rings. The number of amides is 3. The molecule has 2 bridgehead atoms. The second-order valence-corrected chi connectivity index (χ2v) is 11.7. The Labute approximate surface area is 238 Å². The van der Waals surface area contributed by atoms with E-state index in [0.29, 0.717) is 45.3 Å². The summed E-state index contributed by atoms with van der Waals surface area (Å²) in [6.45, 7) is 14.8. The summed E-state index contributed by atoms with van der Waals surface area (Å²) < 4.78 is 6.82. The summed E-state index contributed by atoms with van der Waals surface area (Å²) in [7, 11) is 0. The average Bonchev–Trinajstić information content (AvgIpc) is 3.51. The lowest BCUT2D eigenvalue weighted by molar-refractivity contribution is -0.152. The van der Waals surface area contributed by atoms with Crippen molar-refractivity contribution in [1.82, 2.24) is 9.80 Å². The van der Waals surface area contributed by atoms with Crippen molar-refractivity contribution < 1.29 is 24.2 Å². The van der Waals surface area contributed by atoms with Gasteiger partial charge in [-0.15, -0.1) is 13.2 Å². The molecule has 4 rings (SSSR count). The number of likely N-dealkylation sites (tertiary alicyclic amines) is 1. The lowest BCUT2D eigenvalue weighted by Crippen LogP contribution is -2.58. The lowest BCUT2D eigenvalue weighted by atomic mass is 9.66. The van der Waals surface area contributed by atoms with E-state index in [4.69, 9.17) is 4.74 Å². The number of unbranched alkanes of at least 4 members (excludes halogenated alkanes) is 1. The highest BCUT2D eigenvalue weighted by Gasteiger charge is 2.78. The Bertz CT molecular complexity index is 1110. The predicted octanol–water partition coefficient (Wildman–Crippen LogP) is 3.95. The third-order valence-electron chi connectivity index (χ3n) is 9.08. The molecule has 0 aromatic heterocycles. The zero-order valence-electron chi connectivity index (χ0n) is 24.3. The molecular formula is C32H45N3O5. The molecule has 3 heterocycles. The van der Waals surface area contributed by atoms with Crippen molar-refractivity contribution in [3.05, 3.63) is 55.6 Å². The molecular weight excluding hydrogens is 506 g/mol. The molecule has 218 valence electrons. The molecule has 8 nitrogen and oxygen atoms in total. The Kier molecular flexibility index (Phi) is 9.20. The first-order valence-corrected chi connectivity index (χ1v) is 14.7. The van der Waals surface area contributed by atoms with Gasteiger partial charge in [-0.05, 0) is 58.1 Å². The Morgan fingerprint density at radius 2 is 1.85 bits per heavy atom. The van der Waals surface area contributed by atoms with Crippen LogP contribution in [-0.4, -0.2) is 82.2 Å². The molecule has 3 fully saturated rings. The van der Waals surface area contributed by atoms with Gasteiger partial charge < -0.3 is 24.5 Å². The smallest absolute Gasteiger partial charge is 0.248 e. The Morgan fingerprint density at radius 1 is 1.15 bits per heavy atom. The summed E-state index contributed by atoms with van der Waals surface area (Å²) in [5, 5.41) is 9.43. The van der Waals surface area contributed by atoms with Crippen molar-refractivity contribution >= 4 is 23.4 Å². The van der Waals surface area contributed by atoms with Gasteiger partial charge in [-0.3, -0.25) is 14.4 Å². The number of anilines is 1. The van der Waals surface area contributed by atoms with Crippen LogP contribution < -0.4 is 4.90 Å². The maximum Gasteiger partial charge on any atom is 0.248 e. The normalized spacial score (nSPS) is 29.2. The molecule has 1 spiro atoms. The number of nitrogens with zero attached hydrogens (tertiary/aromatic N) is 3. The molecule has 3 aliphatic rings. The zero-order chi connectivity index (χ0) is 29.1. The summed E-state index contributed by atoms with van der Waals surface area (Å²) in [4.78, 5) is 48.3. The van der Waals surface area contributed by atoms with Gasteiger partial charge in [0.25, 0.3) is 0 Å². The molecule has 1 aromatic carbocycles. The first kappa shape index (κ1) is 30.0. The van der Waals surface area contributed by atoms with E-state index >= 15 is 0 Å². The molecule has 6 atom stereocenters. The van der Waals surface area contributed by atoms with E-state index in [1.807, 2.05) is 49.1 Å². The molecule has 8 heteroatoms. The fourth-order valence-electron chi connectivity index (χ4n) is 7.30. The highest BCUT2D eigenvalue weighted by atomic mass is 16.5. The minimum Gasteiger partial charge on any atom is -0.396 e. The van der Waals surface area contributed by atoms with Crippen molar-refractivity contribution in [3.63, 3.8) is 0 Å². The minimum atomic E-state index is -1.08. The van der Waals surface area contributed by atoms with Crippen molar-refractivity contribution in [3.8, 4) is 0 Å². The van der Waals surface area contributed by atoms with Crippen molar-refractivity contribution in [2.24, 2.45) is 11.8 Å². The summed E-state index contributed by atoms with van der Waals surface area (Å²) in [6, 6.07) is 8.54. The number of ether oxygens (including phenoxy) is 1. The summed E-state index contributed by atoms with van der Waals surface area (Å²) >= 11 is 0. The van der Waals surface area contributed by atoms with Gasteiger partial charge in [-0.25, -0.2) is 0 Å². The van der Waals surface area contributed by atoms with Crippen LogP contribution in [-0.2, 0) is 19.1 Å². The van der Waals surface area contributed by atoms with Gasteiger partial charge in [0.1, 0.15) is 11.6 Å². The number of rotatable bonds is 14. The molecule has 0 saturated carbocycles. The number of benzene rings is 1. The number of carbonyl (C=O) groups excluding carboxylic acids is 3. The van der Waals surface area contributed by atoms with E-state index in [1.54, 1.807) is 22.0 Å². The summed E-state index contributed by atoms with van der Waals surface area (Å²) in [6.07, 6.45) is 7.36. The maximum absolute atomic E-state index is 14.5. The SMILES string of the molecule is C=CCN(C(=O)[C@H]1[C@H]2C(=O)N(CCCCO)C(C(=O)N(CC=C)C(C)CCC)C23CC[C@]1(C)O3)c1ccccc1. The van der Waals surface area contributed by atoms with Crippen molar-refractivity contribution in [1.29, 1.82) is 0 Å². The Morgan fingerprint density at radius 3 is 2.48 bits per heavy atom. The fraction of sp³-hybridized carbons (Fsp3) is 0.594. The highest BCUT2D eigenvalue weighted by molar-refractivity contribution is 6.03. The van der Waals surface area contributed by atoms with E-state index < -0.39 is 29.1 Å². The topological polar surface area (TPSA) is 90.4 Å². The van der Waals surface area contributed by atoms with Gasteiger partial charge in [0, 0.05) is 38.0 Å². The van der Waals surface area contributed by atoms with Crippen LogP contribution in [0.5, 0.6) is 0 Å². The van der Waals surface area contributed by atoms with Crippen LogP contribution in [0.1, 0.15) is 59.3 Å². The van der Waals surface area contributed by atoms with E-state index in [9.17, 15) is 19.5 Å². The van der Waals surface area contributed by atoms with Crippen LogP contribution in [0.2, 0.25) is 0 Å². The molecule has 40 heavy (non-hydrogen) atoms. The fourth-order valence-corrected chi connectivity index (χ4v) is 7.30. The number of carbonyl (C=O) groups is 3. The summed E-state index contributed by atoms with van der Waals surface area (Å²) in [5.41, 5.74) is -1.21. The quantitative estimate of drug-likeness (QED) is 0.279. The van der Waals surface area contributed by atoms with E-state index in [0.717, 1.165) is 18.5 Å². The monoisotopic (exact) mass is 551 g/mol. The molecule has 3 amide bonds. The molecule has 0 radical (unpaired) electrons. The van der Waals surface area contributed by atoms with Crippen LogP contribution in [0.15, 0.2) is 55.6 Å². The number of aliphatic hydroxyl groups excluding tert-OH is 1. The molecule has 0 aliphatic carbocycles. The van der Waals surface area contributed by atoms with Gasteiger partial charge in [-0.2, -0.15) is 0 Å². The van der Waals surface area contributed by atoms with Crippen LogP contribution in [0, 0.1) is 11.8 Å². The third kappa shape index (κ3) is 5.00. The van der Waals surface area contributed by atoms with Gasteiger partial charge in [0.05, 0.1) is 17.4 Å².